The second kappa shape index (κ2) is 4.00. The first-order chi connectivity index (χ1) is 6.29. The Morgan fingerprint density at radius 3 is 2.54 bits per heavy atom. The highest BCUT2D eigenvalue weighted by atomic mass is 15.1. The van der Waals surface area contributed by atoms with E-state index in [1.54, 1.807) is 0 Å². The molecule has 0 radical (unpaired) electrons. The molecule has 2 fully saturated rings. The number of fused-ring (bicyclic) bond motifs is 1. The number of likely N-dealkylation sites (tertiary alicyclic amines) is 1. The summed E-state index contributed by atoms with van der Waals surface area (Å²) in [4.78, 5) is 2.63. The van der Waals surface area contributed by atoms with Crippen LogP contribution < -0.4 is 0 Å². The van der Waals surface area contributed by atoms with Crippen molar-refractivity contribution in [1.29, 1.82) is 0 Å². The van der Waals surface area contributed by atoms with Crippen LogP contribution in [0.2, 0.25) is 0 Å². The van der Waals surface area contributed by atoms with E-state index >= 15 is 0 Å². The predicted octanol–water partition coefficient (Wildman–Crippen LogP) is 2.91. The van der Waals surface area contributed by atoms with Gasteiger partial charge in [-0.1, -0.05) is 19.8 Å². The van der Waals surface area contributed by atoms with Gasteiger partial charge < -0.3 is 4.90 Å². The fraction of sp³-hybridized carbons (Fsp3) is 1.00. The number of hydrogen-bond acceptors (Lipinski definition) is 1. The number of hydrogen-bond donors (Lipinski definition) is 0. The van der Waals surface area contributed by atoms with E-state index in [4.69, 9.17) is 0 Å². The van der Waals surface area contributed by atoms with E-state index < -0.39 is 0 Å². The molecule has 2 rings (SSSR count). The van der Waals surface area contributed by atoms with E-state index in [1.165, 1.54) is 45.1 Å². The fourth-order valence-corrected chi connectivity index (χ4v) is 3.54. The summed E-state index contributed by atoms with van der Waals surface area (Å²) >= 11 is 0. The van der Waals surface area contributed by atoms with Gasteiger partial charge in [0.05, 0.1) is 0 Å². The number of piperidine rings is 1. The molecule has 1 heteroatoms. The van der Waals surface area contributed by atoms with E-state index in [9.17, 15) is 0 Å². The van der Waals surface area contributed by atoms with E-state index in [-0.39, 0.29) is 0 Å². The van der Waals surface area contributed by atoms with Crippen LogP contribution in [0, 0.1) is 11.8 Å². The highest BCUT2D eigenvalue weighted by Crippen LogP contribution is 2.36. The minimum atomic E-state index is 0.913. The summed E-state index contributed by atoms with van der Waals surface area (Å²) in [5, 5.41) is 0. The summed E-state index contributed by atoms with van der Waals surface area (Å²) in [7, 11) is 2.33. The summed E-state index contributed by atoms with van der Waals surface area (Å²) in [6.07, 6.45) is 8.86. The van der Waals surface area contributed by atoms with Crippen LogP contribution in [0.15, 0.2) is 0 Å². The van der Waals surface area contributed by atoms with E-state index in [0.717, 1.165) is 17.9 Å². The third kappa shape index (κ3) is 1.90. The average Bonchev–Trinajstić information content (AvgIpc) is 2.29. The van der Waals surface area contributed by atoms with Gasteiger partial charge in [0.25, 0.3) is 0 Å². The van der Waals surface area contributed by atoms with Crippen molar-refractivity contribution in [2.24, 2.45) is 11.8 Å². The normalized spacial score (nSPS) is 42.5. The topological polar surface area (TPSA) is 3.24 Å². The molecule has 0 amide bonds. The van der Waals surface area contributed by atoms with Gasteiger partial charge in [-0.05, 0) is 51.1 Å². The predicted molar refractivity (Wildman–Crippen MR) is 56.8 cm³/mol. The average molecular weight is 181 g/mol. The summed E-state index contributed by atoms with van der Waals surface area (Å²) in [6, 6.07) is 0.913. The molecule has 1 aliphatic carbocycles. The van der Waals surface area contributed by atoms with Crippen LogP contribution in [0.25, 0.3) is 0 Å². The Kier molecular flexibility index (Phi) is 2.92. The van der Waals surface area contributed by atoms with Crippen molar-refractivity contribution in [1.82, 2.24) is 4.90 Å². The summed E-state index contributed by atoms with van der Waals surface area (Å²) in [5.74, 6) is 1.97. The molecule has 3 atom stereocenters. The molecule has 1 aliphatic heterocycles. The molecule has 0 aromatic heterocycles. The van der Waals surface area contributed by atoms with E-state index in [1.807, 2.05) is 0 Å². The van der Waals surface area contributed by atoms with Crippen LogP contribution in [0.4, 0.5) is 0 Å². The second-order valence-electron chi connectivity index (χ2n) is 5.14. The van der Waals surface area contributed by atoms with Crippen LogP contribution in [-0.2, 0) is 0 Å². The number of nitrogens with zero attached hydrogens (tertiary/aromatic N) is 1. The summed E-state index contributed by atoms with van der Waals surface area (Å²) in [6.45, 7) is 3.80. The Morgan fingerprint density at radius 2 is 1.69 bits per heavy atom. The Hall–Kier alpha value is -0.0400. The van der Waals surface area contributed by atoms with Crippen LogP contribution in [0.3, 0.4) is 0 Å². The zero-order chi connectivity index (χ0) is 9.26. The molecule has 0 N–H and O–H groups in total. The van der Waals surface area contributed by atoms with Crippen molar-refractivity contribution in [2.45, 2.75) is 51.5 Å². The van der Waals surface area contributed by atoms with Crippen LogP contribution in [0.1, 0.15) is 45.4 Å². The molecule has 1 nitrogen and oxygen atoms in total. The van der Waals surface area contributed by atoms with E-state index in [0.29, 0.717) is 0 Å². The van der Waals surface area contributed by atoms with Crippen LogP contribution in [0.5, 0.6) is 0 Å². The molecular weight excluding hydrogens is 158 g/mol. The minimum absolute atomic E-state index is 0.913. The van der Waals surface area contributed by atoms with Crippen molar-refractivity contribution in [3.8, 4) is 0 Å². The van der Waals surface area contributed by atoms with Crippen molar-refractivity contribution < 1.29 is 0 Å². The minimum Gasteiger partial charge on any atom is -0.303 e. The molecule has 0 bridgehead atoms. The standard InChI is InChI=1S/C12H23N/c1-10-6-3-4-7-11-8-5-9-13(2)12(10)11/h10-12H,3-9H2,1-2H3/t10?,11-,12-/m0/s1. The fourth-order valence-electron chi connectivity index (χ4n) is 3.54. The van der Waals surface area contributed by atoms with Gasteiger partial charge in [0.2, 0.25) is 0 Å². The Labute approximate surface area is 82.5 Å². The lowest BCUT2D eigenvalue weighted by Crippen LogP contribution is -2.45. The van der Waals surface area contributed by atoms with Gasteiger partial charge in [0, 0.05) is 6.04 Å². The van der Waals surface area contributed by atoms with Gasteiger partial charge in [0.1, 0.15) is 0 Å². The quantitative estimate of drug-likeness (QED) is 0.555. The molecule has 1 unspecified atom stereocenters. The first kappa shape index (κ1) is 9.51. The molecule has 0 aromatic rings. The SMILES string of the molecule is CC1CCCC[C@H]2CCCN(C)[C@@H]12. The molecular formula is C12H23N. The van der Waals surface area contributed by atoms with Gasteiger partial charge in [0.15, 0.2) is 0 Å². The summed E-state index contributed by atoms with van der Waals surface area (Å²) < 4.78 is 0. The Morgan fingerprint density at radius 1 is 1.00 bits per heavy atom. The zero-order valence-electron chi connectivity index (χ0n) is 9.13. The molecule has 1 heterocycles. The maximum absolute atomic E-state index is 2.63. The highest BCUT2D eigenvalue weighted by Gasteiger charge is 2.34. The maximum Gasteiger partial charge on any atom is 0.0146 e. The lowest BCUT2D eigenvalue weighted by Gasteiger charge is -2.41. The third-order valence-electron chi connectivity index (χ3n) is 4.15. The lowest BCUT2D eigenvalue weighted by molar-refractivity contribution is 0.0802. The second-order valence-corrected chi connectivity index (χ2v) is 5.14. The lowest BCUT2D eigenvalue weighted by atomic mass is 9.81. The van der Waals surface area contributed by atoms with Crippen molar-refractivity contribution in [2.75, 3.05) is 13.6 Å². The smallest absolute Gasteiger partial charge is 0.0146 e. The molecule has 76 valence electrons. The molecule has 1 saturated carbocycles. The van der Waals surface area contributed by atoms with Crippen molar-refractivity contribution >= 4 is 0 Å². The summed E-state index contributed by atoms with van der Waals surface area (Å²) in [5.41, 5.74) is 0. The van der Waals surface area contributed by atoms with E-state index in [2.05, 4.69) is 18.9 Å². The first-order valence-electron chi connectivity index (χ1n) is 5.99. The van der Waals surface area contributed by atoms with Gasteiger partial charge in [-0.2, -0.15) is 0 Å². The largest absolute Gasteiger partial charge is 0.303 e. The Balaban J connectivity index is 2.09. The molecule has 0 spiro atoms. The van der Waals surface area contributed by atoms with Crippen molar-refractivity contribution in [3.05, 3.63) is 0 Å². The number of rotatable bonds is 0. The maximum atomic E-state index is 2.63. The highest BCUT2D eigenvalue weighted by molar-refractivity contribution is 4.88. The monoisotopic (exact) mass is 181 g/mol. The van der Waals surface area contributed by atoms with Gasteiger partial charge in [-0.15, -0.1) is 0 Å². The molecule has 2 aliphatic rings. The third-order valence-corrected chi connectivity index (χ3v) is 4.15. The molecule has 0 aromatic carbocycles. The molecule has 1 saturated heterocycles. The Bertz CT molecular complexity index is 167. The van der Waals surface area contributed by atoms with Crippen LogP contribution in [-0.4, -0.2) is 24.5 Å². The van der Waals surface area contributed by atoms with Gasteiger partial charge in [-0.25, -0.2) is 0 Å². The van der Waals surface area contributed by atoms with Crippen molar-refractivity contribution in [3.63, 3.8) is 0 Å². The van der Waals surface area contributed by atoms with Gasteiger partial charge >= 0.3 is 0 Å². The van der Waals surface area contributed by atoms with Gasteiger partial charge in [-0.3, -0.25) is 0 Å². The van der Waals surface area contributed by atoms with Crippen LogP contribution >= 0.6 is 0 Å². The first-order valence-corrected chi connectivity index (χ1v) is 5.99. The molecule has 13 heavy (non-hydrogen) atoms. The zero-order valence-corrected chi connectivity index (χ0v) is 9.13.